The van der Waals surface area contributed by atoms with Gasteiger partial charge in [0.1, 0.15) is 19.3 Å². The highest BCUT2D eigenvalue weighted by molar-refractivity contribution is 8.76. The van der Waals surface area contributed by atoms with Gasteiger partial charge in [-0.3, -0.25) is 29.0 Å². The van der Waals surface area contributed by atoms with E-state index in [1.807, 2.05) is 19.2 Å². The summed E-state index contributed by atoms with van der Waals surface area (Å²) in [5.41, 5.74) is 0. The number of esters is 2. The predicted octanol–water partition coefficient (Wildman–Crippen LogP) is 16.8. The predicted molar refractivity (Wildman–Crippen MR) is 401 cm³/mol. The van der Waals surface area contributed by atoms with Crippen LogP contribution in [-0.4, -0.2) is 191 Å². The van der Waals surface area contributed by atoms with E-state index in [0.29, 0.717) is 96.8 Å². The Morgan fingerprint density at radius 1 is 0.383 bits per heavy atom. The molecule has 0 spiro atoms. The summed E-state index contributed by atoms with van der Waals surface area (Å²) < 4.78 is 10.8. The molecule has 0 aromatic carbocycles. The first kappa shape index (κ1) is 91.8. The fraction of sp³-hybridized carbons (Fsp3) is 0.896. The van der Waals surface area contributed by atoms with Crippen LogP contribution in [-0.2, 0) is 28.7 Å². The number of nitrogens with one attached hydrogen (secondary N) is 1. The second-order valence-corrected chi connectivity index (χ2v) is 29.7. The number of unbranched alkanes of at least 4 members (excludes halogenated alkanes) is 27. The number of aliphatic hydroxyl groups is 4. The van der Waals surface area contributed by atoms with Gasteiger partial charge in [0.2, 0.25) is 11.8 Å². The normalized spacial score (nSPS) is 13.6. The third kappa shape index (κ3) is 60.9. The van der Waals surface area contributed by atoms with Crippen molar-refractivity contribution < 1.29 is 49.1 Å². The molecule has 0 aromatic rings. The Balaban J connectivity index is 5.57. The van der Waals surface area contributed by atoms with E-state index in [1.165, 1.54) is 116 Å². The van der Waals surface area contributed by atoms with Crippen molar-refractivity contribution in [2.24, 2.45) is 0 Å². The summed E-state index contributed by atoms with van der Waals surface area (Å²) in [4.78, 5) is 60.9. The lowest BCUT2D eigenvalue weighted by molar-refractivity contribution is -0.143. The van der Waals surface area contributed by atoms with Crippen LogP contribution in [0.15, 0.2) is 24.3 Å². The number of rotatable bonds is 72. The maximum absolute atomic E-state index is 14.1. The van der Waals surface area contributed by atoms with E-state index in [-0.39, 0.29) is 30.2 Å². The first-order valence-corrected chi connectivity index (χ1v) is 41.5. The second kappa shape index (κ2) is 69.3. The molecule has 0 aromatic heterocycles. The molecule has 5 N–H and O–H groups in total. The SMILES string of the molecule is CCCCCC/C=C\COC(=O)CCCCCC(O)CN(CCCCSSCCC(NC(=O)CCCN(CC(O)CCCCCCCCCC)CC(O)CCCCCCCCCC)C(=O)N(C)CCN(CC)CC)CC(O)CCCCCC(=O)OC/C=C\CCCCCC. The Bertz CT molecular complexity index is 1680. The first-order valence-electron chi connectivity index (χ1n) is 39.0. The molecule has 2 amide bonds. The molecule has 94 heavy (non-hydrogen) atoms. The molecule has 0 heterocycles. The van der Waals surface area contributed by atoms with Crippen molar-refractivity contribution >= 4 is 45.3 Å². The molecule has 0 fully saturated rings. The number of carbonyl (C=O) groups excluding carboxylic acids is 4. The molecule has 0 bridgehead atoms. The molecular weight excluding hydrogens is 1220 g/mol. The average molecular weight is 1370 g/mol. The lowest BCUT2D eigenvalue weighted by atomic mass is 10.0. The quantitative estimate of drug-likeness (QED) is 0.0167. The fourth-order valence-corrected chi connectivity index (χ4v) is 14.1. The van der Waals surface area contributed by atoms with Gasteiger partial charge in [0.15, 0.2) is 0 Å². The van der Waals surface area contributed by atoms with Gasteiger partial charge in [-0.2, -0.15) is 0 Å². The van der Waals surface area contributed by atoms with Gasteiger partial charge in [-0.25, -0.2) is 0 Å². The lowest BCUT2D eigenvalue weighted by Gasteiger charge is -2.28. The van der Waals surface area contributed by atoms with E-state index >= 15 is 0 Å². The van der Waals surface area contributed by atoms with Gasteiger partial charge >= 0.3 is 11.9 Å². The van der Waals surface area contributed by atoms with E-state index in [0.717, 1.165) is 148 Å². The Morgan fingerprint density at radius 3 is 1.17 bits per heavy atom. The van der Waals surface area contributed by atoms with Gasteiger partial charge in [-0.15, -0.1) is 0 Å². The summed E-state index contributed by atoms with van der Waals surface area (Å²) in [6.07, 6.45) is 48.4. The molecule has 0 rings (SSSR count). The number of hydrogen-bond donors (Lipinski definition) is 5. The highest BCUT2D eigenvalue weighted by Crippen LogP contribution is 2.25. The Hall–Kier alpha value is -2.22. The number of amides is 2. The Morgan fingerprint density at radius 2 is 0.755 bits per heavy atom. The number of carbonyl (C=O) groups is 4. The van der Waals surface area contributed by atoms with Crippen molar-refractivity contribution in [2.75, 3.05) is 97.2 Å². The minimum Gasteiger partial charge on any atom is -0.461 e. The molecular formula is C77H149N5O10S2. The van der Waals surface area contributed by atoms with Gasteiger partial charge < -0.3 is 45.0 Å². The zero-order valence-electron chi connectivity index (χ0n) is 61.8. The molecule has 0 aliphatic rings. The van der Waals surface area contributed by atoms with Gasteiger partial charge in [-0.05, 0) is 116 Å². The zero-order chi connectivity index (χ0) is 69.2. The first-order chi connectivity index (χ1) is 45.7. The number of nitrogens with zero attached hydrogens (tertiary/aromatic N) is 4. The van der Waals surface area contributed by atoms with Crippen LogP contribution in [0.4, 0.5) is 0 Å². The molecule has 17 heteroatoms. The summed E-state index contributed by atoms with van der Waals surface area (Å²) in [6, 6.07) is -0.649. The van der Waals surface area contributed by atoms with Crippen molar-refractivity contribution in [3.05, 3.63) is 24.3 Å². The van der Waals surface area contributed by atoms with Crippen LogP contribution in [0.2, 0.25) is 0 Å². The maximum atomic E-state index is 14.1. The van der Waals surface area contributed by atoms with Crippen LogP contribution >= 0.6 is 21.6 Å². The molecule has 554 valence electrons. The third-order valence-corrected chi connectivity index (χ3v) is 20.5. The van der Waals surface area contributed by atoms with Gasteiger partial charge in [-0.1, -0.05) is 254 Å². The Kier molecular flexibility index (Phi) is 67.6. The van der Waals surface area contributed by atoms with E-state index in [4.69, 9.17) is 9.47 Å². The highest BCUT2D eigenvalue weighted by Gasteiger charge is 2.25. The number of aliphatic hydroxyl groups excluding tert-OH is 4. The third-order valence-electron chi connectivity index (χ3n) is 18.0. The van der Waals surface area contributed by atoms with Crippen LogP contribution in [0.1, 0.15) is 318 Å². The van der Waals surface area contributed by atoms with E-state index in [1.54, 1.807) is 26.5 Å². The number of ether oxygens (including phenoxy) is 2. The second-order valence-electron chi connectivity index (χ2n) is 27.0. The van der Waals surface area contributed by atoms with Crippen molar-refractivity contribution in [1.29, 1.82) is 0 Å². The molecule has 0 saturated carbocycles. The molecule has 0 aliphatic heterocycles. The van der Waals surface area contributed by atoms with Gasteiger partial charge in [0.05, 0.1) is 24.4 Å². The van der Waals surface area contributed by atoms with E-state index < -0.39 is 30.5 Å². The summed E-state index contributed by atoms with van der Waals surface area (Å²) in [5.74, 6) is 0.982. The lowest BCUT2D eigenvalue weighted by Crippen LogP contribution is -2.49. The molecule has 0 radical (unpaired) electrons. The Labute approximate surface area is 585 Å². The standard InChI is InChI=1S/C77H149N5O10S2/c1-8-14-18-22-26-28-32-38-49-69(83)67-82(68-70(84)50-39-33-29-27-23-19-15-9-2)58-48-53-74(87)78-73(77(90)79(7)59-60-80(12-5)13-6)56-64-94-93-63-47-44-57-81(65-71(85)51-40-36-42-54-75(88)91-61-45-34-30-24-20-16-10-3)66-72(86)52-41-37-43-55-76(89)92-62-46-35-31-25-21-17-11-4/h34-35,45-46,69-73,83-86H,8-33,36-44,47-68H2,1-7H3,(H,78,87)/b45-34-,46-35-. The van der Waals surface area contributed by atoms with Gasteiger partial charge in [0, 0.05) is 77.1 Å². The van der Waals surface area contributed by atoms with Crippen LogP contribution in [0, 0.1) is 0 Å². The summed E-state index contributed by atoms with van der Waals surface area (Å²) >= 11 is 0. The number of likely N-dealkylation sites (N-methyl/N-ethyl adjacent to an activating group) is 2. The largest absolute Gasteiger partial charge is 0.461 e. The zero-order valence-corrected chi connectivity index (χ0v) is 63.5. The van der Waals surface area contributed by atoms with Crippen molar-refractivity contribution in [3.63, 3.8) is 0 Å². The highest BCUT2D eigenvalue weighted by atomic mass is 33.1. The fourth-order valence-electron chi connectivity index (χ4n) is 11.9. The molecule has 5 unspecified atom stereocenters. The van der Waals surface area contributed by atoms with Crippen LogP contribution in [0.3, 0.4) is 0 Å². The summed E-state index contributed by atoms with van der Waals surface area (Å²) in [5, 5.41) is 48.1. The minimum atomic E-state index is -0.649. The molecule has 15 nitrogen and oxygen atoms in total. The van der Waals surface area contributed by atoms with Crippen LogP contribution in [0.25, 0.3) is 0 Å². The van der Waals surface area contributed by atoms with Crippen molar-refractivity contribution in [2.45, 2.75) is 348 Å². The van der Waals surface area contributed by atoms with Crippen molar-refractivity contribution in [1.82, 2.24) is 24.9 Å². The van der Waals surface area contributed by atoms with Crippen LogP contribution in [0.5, 0.6) is 0 Å². The summed E-state index contributed by atoms with van der Waals surface area (Å²) in [6.45, 7) is 20.1. The maximum Gasteiger partial charge on any atom is 0.306 e. The van der Waals surface area contributed by atoms with Crippen LogP contribution < -0.4 is 5.32 Å². The smallest absolute Gasteiger partial charge is 0.306 e. The number of hydrogen-bond acceptors (Lipinski definition) is 15. The average Bonchev–Trinajstić information content (AvgIpc) is 1.80. The molecule has 0 saturated heterocycles. The monoisotopic (exact) mass is 1370 g/mol. The van der Waals surface area contributed by atoms with E-state index in [2.05, 4.69) is 73.7 Å². The topological polar surface area (TPSA) is 193 Å². The summed E-state index contributed by atoms with van der Waals surface area (Å²) in [7, 11) is 5.33. The van der Waals surface area contributed by atoms with Gasteiger partial charge in [0.25, 0.3) is 0 Å². The minimum absolute atomic E-state index is 0.0795. The molecule has 5 atom stereocenters. The number of allylic oxidation sites excluding steroid dienone is 2. The van der Waals surface area contributed by atoms with Crippen molar-refractivity contribution in [3.8, 4) is 0 Å². The molecule has 0 aliphatic carbocycles. The van der Waals surface area contributed by atoms with E-state index in [9.17, 15) is 39.6 Å².